The van der Waals surface area contributed by atoms with Gasteiger partial charge in [0.25, 0.3) is 5.91 Å². The molecule has 1 aliphatic heterocycles. The molecule has 10 heavy (non-hydrogen) atoms. The highest BCUT2D eigenvalue weighted by atomic mass is 16.5. The van der Waals surface area contributed by atoms with Crippen molar-refractivity contribution in [1.29, 1.82) is 0 Å². The second kappa shape index (κ2) is 1.97. The highest BCUT2D eigenvalue weighted by molar-refractivity contribution is 5.84. The summed E-state index contributed by atoms with van der Waals surface area (Å²) in [5.41, 5.74) is 4.04. The minimum Gasteiger partial charge on any atom is -0.623 e. The average Bonchev–Trinajstić information content (AvgIpc) is 2.15. The normalized spacial score (nSPS) is 31.9. The van der Waals surface area contributed by atoms with Crippen molar-refractivity contribution >= 4 is 12.1 Å². The summed E-state index contributed by atoms with van der Waals surface area (Å²) in [7, 11) is 0. The first-order valence-corrected chi connectivity index (χ1v) is 3.17. The van der Waals surface area contributed by atoms with Crippen molar-refractivity contribution in [2.24, 2.45) is 5.73 Å². The molecule has 4 heteroatoms. The quantitative estimate of drug-likeness (QED) is 0.400. The number of rotatable bonds is 1. The van der Waals surface area contributed by atoms with Crippen LogP contribution >= 0.6 is 0 Å². The van der Waals surface area contributed by atoms with E-state index in [1.165, 1.54) is 6.21 Å². The molecule has 4 nitrogen and oxygen atoms in total. The van der Waals surface area contributed by atoms with Gasteiger partial charge in [0.05, 0.1) is 0 Å². The van der Waals surface area contributed by atoms with Gasteiger partial charge in [0.2, 0.25) is 5.54 Å². The van der Waals surface area contributed by atoms with Crippen molar-refractivity contribution in [2.75, 3.05) is 0 Å². The van der Waals surface area contributed by atoms with Gasteiger partial charge in [-0.2, -0.15) is 0 Å². The second-order valence-corrected chi connectivity index (χ2v) is 2.69. The molecule has 0 aromatic rings. The van der Waals surface area contributed by atoms with Crippen LogP contribution in [0.1, 0.15) is 19.8 Å². The summed E-state index contributed by atoms with van der Waals surface area (Å²) >= 11 is 0. The lowest BCUT2D eigenvalue weighted by Crippen LogP contribution is -2.45. The van der Waals surface area contributed by atoms with Crippen molar-refractivity contribution in [1.82, 2.24) is 0 Å². The second-order valence-electron chi connectivity index (χ2n) is 2.69. The molecule has 0 aromatic carbocycles. The molecule has 0 aromatic heterocycles. The van der Waals surface area contributed by atoms with E-state index in [4.69, 9.17) is 5.73 Å². The summed E-state index contributed by atoms with van der Waals surface area (Å²) in [6.45, 7) is 1.56. The molecule has 1 atom stereocenters. The highest BCUT2D eigenvalue weighted by Gasteiger charge is 2.42. The van der Waals surface area contributed by atoms with Gasteiger partial charge >= 0.3 is 0 Å². The Morgan fingerprint density at radius 3 is 2.70 bits per heavy atom. The van der Waals surface area contributed by atoms with Crippen LogP contribution < -0.4 is 5.73 Å². The topological polar surface area (TPSA) is 69.2 Å². The number of primary amides is 1. The SMILES string of the molecule is CC1(C(N)=O)CCC=[N+]1[O-]. The molecule has 0 bridgehead atoms. The summed E-state index contributed by atoms with van der Waals surface area (Å²) in [5.74, 6) is -0.545. The number of carbonyl (C=O) groups excluding carboxylic acids is 1. The smallest absolute Gasteiger partial charge is 0.290 e. The van der Waals surface area contributed by atoms with E-state index in [2.05, 4.69) is 0 Å². The fraction of sp³-hybridized carbons (Fsp3) is 0.667. The molecular weight excluding hydrogens is 132 g/mol. The van der Waals surface area contributed by atoms with Crippen LogP contribution in [-0.2, 0) is 4.79 Å². The van der Waals surface area contributed by atoms with Crippen molar-refractivity contribution in [3.05, 3.63) is 5.21 Å². The van der Waals surface area contributed by atoms with Crippen LogP contribution in [0.5, 0.6) is 0 Å². The van der Waals surface area contributed by atoms with E-state index in [9.17, 15) is 10.0 Å². The van der Waals surface area contributed by atoms with Crippen LogP contribution in [0.3, 0.4) is 0 Å². The minimum absolute atomic E-state index is 0.534. The van der Waals surface area contributed by atoms with Gasteiger partial charge in [-0.1, -0.05) is 0 Å². The predicted molar refractivity (Wildman–Crippen MR) is 36.5 cm³/mol. The van der Waals surface area contributed by atoms with Crippen molar-refractivity contribution in [3.63, 3.8) is 0 Å². The van der Waals surface area contributed by atoms with Crippen molar-refractivity contribution in [2.45, 2.75) is 25.3 Å². The number of nitrogens with zero attached hydrogens (tertiary/aromatic N) is 1. The lowest BCUT2D eigenvalue weighted by Gasteiger charge is -2.18. The summed E-state index contributed by atoms with van der Waals surface area (Å²) in [4.78, 5) is 10.7. The van der Waals surface area contributed by atoms with Gasteiger partial charge in [-0.25, -0.2) is 4.74 Å². The van der Waals surface area contributed by atoms with Crippen LogP contribution in [0.2, 0.25) is 0 Å². The first kappa shape index (κ1) is 7.05. The van der Waals surface area contributed by atoms with Gasteiger partial charge in [0.15, 0.2) is 6.21 Å². The van der Waals surface area contributed by atoms with Crippen LogP contribution in [-0.4, -0.2) is 22.4 Å². The monoisotopic (exact) mass is 142 g/mol. The molecule has 1 amide bonds. The fourth-order valence-electron chi connectivity index (χ4n) is 1.01. The molecule has 0 spiro atoms. The van der Waals surface area contributed by atoms with E-state index >= 15 is 0 Å². The number of nitrogens with two attached hydrogens (primary N) is 1. The Morgan fingerprint density at radius 2 is 2.50 bits per heavy atom. The minimum atomic E-state index is -0.986. The van der Waals surface area contributed by atoms with E-state index in [0.29, 0.717) is 17.6 Å². The number of amides is 1. The van der Waals surface area contributed by atoms with E-state index in [1.807, 2.05) is 0 Å². The predicted octanol–water partition coefficient (Wildman–Crippen LogP) is -0.395. The van der Waals surface area contributed by atoms with E-state index in [0.717, 1.165) is 0 Å². The third kappa shape index (κ3) is 0.761. The first-order chi connectivity index (χ1) is 4.57. The largest absolute Gasteiger partial charge is 0.623 e. The molecule has 0 aliphatic carbocycles. The number of hydrogen-bond donors (Lipinski definition) is 1. The van der Waals surface area contributed by atoms with Gasteiger partial charge in [-0.3, -0.25) is 4.79 Å². The van der Waals surface area contributed by atoms with Crippen LogP contribution in [0.25, 0.3) is 0 Å². The lowest BCUT2D eigenvalue weighted by atomic mass is 9.99. The van der Waals surface area contributed by atoms with E-state index in [1.54, 1.807) is 6.92 Å². The Kier molecular flexibility index (Phi) is 1.39. The Bertz CT molecular complexity index is 200. The lowest BCUT2D eigenvalue weighted by molar-refractivity contribution is -0.514. The van der Waals surface area contributed by atoms with Crippen LogP contribution in [0, 0.1) is 5.21 Å². The maximum Gasteiger partial charge on any atom is 0.290 e. The van der Waals surface area contributed by atoms with Gasteiger partial charge < -0.3 is 10.9 Å². The van der Waals surface area contributed by atoms with Gasteiger partial charge in [-0.05, 0) is 0 Å². The zero-order valence-electron chi connectivity index (χ0n) is 5.83. The number of carbonyl (C=O) groups is 1. The summed E-state index contributed by atoms with van der Waals surface area (Å²) in [6, 6.07) is 0. The Balaban J connectivity index is 2.89. The van der Waals surface area contributed by atoms with Crippen molar-refractivity contribution < 1.29 is 9.53 Å². The molecule has 0 saturated heterocycles. The third-order valence-electron chi connectivity index (χ3n) is 1.94. The molecule has 56 valence electrons. The molecular formula is C6H10N2O2. The molecule has 1 heterocycles. The highest BCUT2D eigenvalue weighted by Crippen LogP contribution is 2.20. The third-order valence-corrected chi connectivity index (χ3v) is 1.94. The molecule has 0 radical (unpaired) electrons. The Morgan fingerprint density at radius 1 is 1.90 bits per heavy atom. The van der Waals surface area contributed by atoms with Gasteiger partial charge in [0.1, 0.15) is 0 Å². The maximum absolute atomic E-state index is 10.9. The molecule has 0 fully saturated rings. The van der Waals surface area contributed by atoms with Crippen molar-refractivity contribution in [3.8, 4) is 0 Å². The van der Waals surface area contributed by atoms with E-state index in [-0.39, 0.29) is 0 Å². The van der Waals surface area contributed by atoms with E-state index < -0.39 is 11.4 Å². The van der Waals surface area contributed by atoms with Crippen LogP contribution in [0.15, 0.2) is 0 Å². The summed E-state index contributed by atoms with van der Waals surface area (Å²) in [5, 5.41) is 10.9. The Hall–Kier alpha value is -1.06. The van der Waals surface area contributed by atoms with Gasteiger partial charge in [0, 0.05) is 19.8 Å². The average molecular weight is 142 g/mol. The zero-order valence-corrected chi connectivity index (χ0v) is 5.83. The summed E-state index contributed by atoms with van der Waals surface area (Å²) < 4.78 is 0.648. The maximum atomic E-state index is 10.9. The zero-order chi connectivity index (χ0) is 7.78. The first-order valence-electron chi connectivity index (χ1n) is 3.17. The summed E-state index contributed by atoms with van der Waals surface area (Å²) in [6.07, 6.45) is 2.62. The Labute approximate surface area is 58.9 Å². The molecule has 2 N–H and O–H groups in total. The standard InChI is InChI=1S/C6H10N2O2/c1-6(5(7)9)3-2-4-8(6)10/h4H,2-3H2,1H3,(H2,7,9). The fourth-order valence-corrected chi connectivity index (χ4v) is 1.01. The molecule has 1 rings (SSSR count). The molecule has 1 aliphatic rings. The molecule has 1 unspecified atom stereocenters. The molecule has 0 saturated carbocycles. The number of hydrogen-bond acceptors (Lipinski definition) is 2. The van der Waals surface area contributed by atoms with Crippen LogP contribution in [0.4, 0.5) is 0 Å². The number of hydroxylamine groups is 1. The van der Waals surface area contributed by atoms with Gasteiger partial charge in [-0.15, -0.1) is 0 Å².